The topological polar surface area (TPSA) is 67.5 Å². The number of hydrogen-bond donors (Lipinski definition) is 2. The summed E-state index contributed by atoms with van der Waals surface area (Å²) in [6.07, 6.45) is 0.865. The molecule has 0 aromatic heterocycles. The van der Waals surface area contributed by atoms with E-state index in [4.69, 9.17) is 5.73 Å². The number of primary amides is 1. The Morgan fingerprint density at radius 1 is 1.35 bits per heavy atom. The van der Waals surface area contributed by atoms with Crippen molar-refractivity contribution in [3.05, 3.63) is 35.9 Å². The second-order valence-corrected chi connectivity index (χ2v) is 4.72. The Labute approximate surface area is 102 Å². The fraction of sp³-hybridized carbons (Fsp3) is 0.385. The summed E-state index contributed by atoms with van der Waals surface area (Å²) in [5, 5.41) is 3.98. The lowest BCUT2D eigenvalue weighted by molar-refractivity contribution is 0.249. The van der Waals surface area contributed by atoms with Gasteiger partial charge in [0.1, 0.15) is 0 Å². The first-order chi connectivity index (χ1) is 7.92. The maximum atomic E-state index is 10.6. The average molecular weight is 233 g/mol. The number of nitrogens with two attached hydrogens (primary N) is 1. The lowest BCUT2D eigenvalue weighted by Gasteiger charge is -2.24. The Morgan fingerprint density at radius 3 is 2.47 bits per heavy atom. The zero-order valence-electron chi connectivity index (χ0n) is 10.5. The van der Waals surface area contributed by atoms with Crippen LogP contribution in [0.5, 0.6) is 0 Å². The molecule has 0 spiro atoms. The van der Waals surface area contributed by atoms with Gasteiger partial charge < -0.3 is 5.73 Å². The highest BCUT2D eigenvalue weighted by molar-refractivity contribution is 5.88. The molecule has 0 aliphatic carbocycles. The number of amides is 2. The highest BCUT2D eigenvalue weighted by atomic mass is 16.2. The van der Waals surface area contributed by atoms with Gasteiger partial charge in [-0.3, -0.25) is 0 Å². The minimum Gasteiger partial charge on any atom is -0.350 e. The van der Waals surface area contributed by atoms with E-state index in [2.05, 4.69) is 36.5 Å². The number of hydrazone groups is 1. The number of nitrogens with zero attached hydrogens (tertiary/aromatic N) is 1. The SMILES string of the molecule is CC(=NNC(N)=O)C(C)(C)Cc1ccccc1. The van der Waals surface area contributed by atoms with E-state index in [-0.39, 0.29) is 5.41 Å². The fourth-order valence-corrected chi connectivity index (χ4v) is 1.52. The fourth-order valence-electron chi connectivity index (χ4n) is 1.52. The second kappa shape index (κ2) is 5.48. The molecule has 1 aromatic carbocycles. The van der Waals surface area contributed by atoms with Gasteiger partial charge in [-0.2, -0.15) is 5.10 Å². The molecule has 0 saturated carbocycles. The van der Waals surface area contributed by atoms with Crippen molar-refractivity contribution in [2.75, 3.05) is 0 Å². The predicted octanol–water partition coefficient (Wildman–Crippen LogP) is 2.30. The molecule has 2 amide bonds. The summed E-state index contributed by atoms with van der Waals surface area (Å²) in [5.41, 5.74) is 9.21. The van der Waals surface area contributed by atoms with Gasteiger partial charge in [0.05, 0.1) is 0 Å². The van der Waals surface area contributed by atoms with Crippen molar-refractivity contribution in [1.29, 1.82) is 0 Å². The average Bonchev–Trinajstić information content (AvgIpc) is 2.26. The molecule has 0 unspecified atom stereocenters. The first-order valence-electron chi connectivity index (χ1n) is 5.56. The monoisotopic (exact) mass is 233 g/mol. The minimum atomic E-state index is -0.639. The van der Waals surface area contributed by atoms with Crippen LogP contribution in [0.15, 0.2) is 35.4 Å². The molecule has 0 aliphatic heterocycles. The largest absolute Gasteiger partial charge is 0.350 e. The van der Waals surface area contributed by atoms with E-state index < -0.39 is 6.03 Å². The van der Waals surface area contributed by atoms with Gasteiger partial charge in [0.2, 0.25) is 0 Å². The van der Waals surface area contributed by atoms with Crippen LogP contribution < -0.4 is 11.2 Å². The van der Waals surface area contributed by atoms with Crippen molar-refractivity contribution < 1.29 is 4.79 Å². The molecule has 3 N–H and O–H groups in total. The van der Waals surface area contributed by atoms with Gasteiger partial charge in [-0.25, -0.2) is 10.2 Å². The van der Waals surface area contributed by atoms with Crippen molar-refractivity contribution >= 4 is 11.7 Å². The van der Waals surface area contributed by atoms with Crippen LogP contribution in [0.3, 0.4) is 0 Å². The van der Waals surface area contributed by atoms with Crippen LogP contribution in [0.1, 0.15) is 26.3 Å². The van der Waals surface area contributed by atoms with Gasteiger partial charge in [-0.05, 0) is 18.9 Å². The third kappa shape index (κ3) is 4.26. The highest BCUT2D eigenvalue weighted by Gasteiger charge is 2.22. The van der Waals surface area contributed by atoms with Crippen molar-refractivity contribution in [1.82, 2.24) is 5.43 Å². The van der Waals surface area contributed by atoms with Gasteiger partial charge in [-0.15, -0.1) is 0 Å². The maximum Gasteiger partial charge on any atom is 0.332 e. The quantitative estimate of drug-likeness (QED) is 0.608. The minimum absolute atomic E-state index is 0.121. The number of urea groups is 1. The summed E-state index contributed by atoms with van der Waals surface area (Å²) in [6.45, 7) is 6.06. The Balaban J connectivity index is 2.74. The van der Waals surface area contributed by atoms with E-state index in [1.807, 2.05) is 25.1 Å². The number of rotatable bonds is 4. The number of carbonyl (C=O) groups excluding carboxylic acids is 1. The van der Waals surface area contributed by atoms with Crippen molar-refractivity contribution in [2.45, 2.75) is 27.2 Å². The molecule has 1 rings (SSSR count). The third-order valence-electron chi connectivity index (χ3n) is 2.80. The molecule has 0 atom stereocenters. The normalized spacial score (nSPS) is 12.3. The first kappa shape index (κ1) is 13.2. The Bertz CT molecular complexity index is 410. The molecule has 0 radical (unpaired) electrons. The summed E-state index contributed by atoms with van der Waals surface area (Å²) < 4.78 is 0. The molecular weight excluding hydrogens is 214 g/mol. The van der Waals surface area contributed by atoms with Gasteiger partial charge in [0.15, 0.2) is 0 Å². The molecule has 4 heteroatoms. The van der Waals surface area contributed by atoms with Gasteiger partial charge >= 0.3 is 6.03 Å². The second-order valence-electron chi connectivity index (χ2n) is 4.72. The zero-order valence-corrected chi connectivity index (χ0v) is 10.5. The van der Waals surface area contributed by atoms with E-state index in [0.717, 1.165) is 12.1 Å². The number of benzene rings is 1. The van der Waals surface area contributed by atoms with Gasteiger partial charge in [0, 0.05) is 11.1 Å². The molecule has 0 aliphatic rings. The first-order valence-corrected chi connectivity index (χ1v) is 5.56. The van der Waals surface area contributed by atoms with Crippen LogP contribution in [0, 0.1) is 5.41 Å². The number of nitrogens with one attached hydrogen (secondary N) is 1. The molecule has 0 saturated heterocycles. The van der Waals surface area contributed by atoms with Crippen LogP contribution in [0.2, 0.25) is 0 Å². The zero-order chi connectivity index (χ0) is 12.9. The summed E-state index contributed by atoms with van der Waals surface area (Å²) >= 11 is 0. The molecular formula is C13H19N3O. The van der Waals surface area contributed by atoms with Crippen LogP contribution in [-0.4, -0.2) is 11.7 Å². The van der Waals surface area contributed by atoms with Crippen LogP contribution >= 0.6 is 0 Å². The number of carbonyl (C=O) groups is 1. The van der Waals surface area contributed by atoms with E-state index in [1.165, 1.54) is 5.56 Å². The molecule has 92 valence electrons. The lowest BCUT2D eigenvalue weighted by Crippen LogP contribution is -2.30. The van der Waals surface area contributed by atoms with Crippen LogP contribution in [-0.2, 0) is 6.42 Å². The van der Waals surface area contributed by atoms with Gasteiger partial charge in [-0.1, -0.05) is 44.2 Å². The van der Waals surface area contributed by atoms with Crippen LogP contribution in [0.25, 0.3) is 0 Å². The van der Waals surface area contributed by atoms with Crippen molar-refractivity contribution in [3.63, 3.8) is 0 Å². The van der Waals surface area contributed by atoms with Crippen molar-refractivity contribution in [3.8, 4) is 0 Å². The standard InChI is InChI=1S/C13H19N3O/c1-10(15-16-12(14)17)13(2,3)9-11-7-5-4-6-8-11/h4-8H,9H2,1-3H3,(H3,14,16,17). The Morgan fingerprint density at radius 2 is 1.94 bits per heavy atom. The highest BCUT2D eigenvalue weighted by Crippen LogP contribution is 2.23. The molecule has 1 aromatic rings. The van der Waals surface area contributed by atoms with E-state index >= 15 is 0 Å². The molecule has 0 fully saturated rings. The van der Waals surface area contributed by atoms with E-state index in [0.29, 0.717) is 0 Å². The Hall–Kier alpha value is -1.84. The smallest absolute Gasteiger partial charge is 0.332 e. The summed E-state index contributed by atoms with van der Waals surface area (Å²) in [7, 11) is 0. The maximum absolute atomic E-state index is 10.6. The van der Waals surface area contributed by atoms with Crippen LogP contribution in [0.4, 0.5) is 4.79 Å². The summed E-state index contributed by atoms with van der Waals surface area (Å²) in [4.78, 5) is 10.6. The predicted molar refractivity (Wildman–Crippen MR) is 69.8 cm³/mol. The number of hydrogen-bond acceptors (Lipinski definition) is 2. The lowest BCUT2D eigenvalue weighted by atomic mass is 9.82. The van der Waals surface area contributed by atoms with E-state index in [1.54, 1.807) is 0 Å². The Kier molecular flexibility index (Phi) is 4.26. The molecule has 0 heterocycles. The summed E-state index contributed by atoms with van der Waals surface area (Å²) in [6, 6.07) is 9.54. The van der Waals surface area contributed by atoms with E-state index in [9.17, 15) is 4.79 Å². The molecule has 4 nitrogen and oxygen atoms in total. The third-order valence-corrected chi connectivity index (χ3v) is 2.80. The van der Waals surface area contributed by atoms with Crippen molar-refractivity contribution in [2.24, 2.45) is 16.3 Å². The van der Waals surface area contributed by atoms with Gasteiger partial charge in [0.25, 0.3) is 0 Å². The molecule has 17 heavy (non-hydrogen) atoms. The summed E-state index contributed by atoms with van der Waals surface area (Å²) in [5.74, 6) is 0. The molecule has 0 bridgehead atoms.